The second-order valence-corrected chi connectivity index (χ2v) is 5.18. The molecule has 4 heteroatoms. The fraction of sp³-hybridized carbons (Fsp3) is 0.455. The van der Waals surface area contributed by atoms with Gasteiger partial charge in [-0.3, -0.25) is 0 Å². The first-order valence-electron chi connectivity index (χ1n) is 4.55. The normalized spacial score (nSPS) is 11.9. The van der Waals surface area contributed by atoms with Gasteiger partial charge in [0.05, 0.1) is 0 Å². The zero-order valence-corrected chi connectivity index (χ0v) is 10.4. The van der Waals surface area contributed by atoms with E-state index in [9.17, 15) is 8.78 Å². The number of hydrogen-bond donors (Lipinski definition) is 0. The number of rotatable bonds is 2. The van der Waals surface area contributed by atoms with Crippen LogP contribution in [-0.2, 0) is 5.41 Å². The highest BCUT2D eigenvalue weighted by Gasteiger charge is 2.20. The first kappa shape index (κ1) is 12.4. The lowest BCUT2D eigenvalue weighted by molar-refractivity contribution is -0.0509. The van der Waals surface area contributed by atoms with Gasteiger partial charge in [-0.25, -0.2) is 0 Å². The van der Waals surface area contributed by atoms with Gasteiger partial charge < -0.3 is 4.74 Å². The van der Waals surface area contributed by atoms with Crippen LogP contribution in [0.3, 0.4) is 0 Å². The minimum absolute atomic E-state index is 0.217. The van der Waals surface area contributed by atoms with Crippen LogP contribution >= 0.6 is 15.9 Å². The van der Waals surface area contributed by atoms with Crippen molar-refractivity contribution in [2.24, 2.45) is 0 Å². The van der Waals surface area contributed by atoms with Crippen molar-refractivity contribution in [1.29, 1.82) is 0 Å². The standard InChI is InChI=1S/C11H13BrF2O/c1-11(2,3)8-5-4-7(12)6-9(8)15-10(13)14/h4-6,10H,1-3H3. The monoisotopic (exact) mass is 278 g/mol. The molecule has 0 heterocycles. The second kappa shape index (κ2) is 4.47. The largest absolute Gasteiger partial charge is 0.434 e. The van der Waals surface area contributed by atoms with Crippen molar-refractivity contribution in [3.63, 3.8) is 0 Å². The molecule has 1 aromatic carbocycles. The fourth-order valence-electron chi connectivity index (χ4n) is 1.31. The Morgan fingerprint density at radius 2 is 1.87 bits per heavy atom. The van der Waals surface area contributed by atoms with Gasteiger partial charge in [-0.1, -0.05) is 42.8 Å². The third-order valence-electron chi connectivity index (χ3n) is 1.97. The summed E-state index contributed by atoms with van der Waals surface area (Å²) in [6.07, 6.45) is 0. The molecule has 0 amide bonds. The average Bonchev–Trinajstić information content (AvgIpc) is 1.99. The zero-order valence-electron chi connectivity index (χ0n) is 8.85. The lowest BCUT2D eigenvalue weighted by Gasteiger charge is -2.22. The number of hydrogen-bond acceptors (Lipinski definition) is 1. The Kier molecular flexibility index (Phi) is 3.71. The number of halogens is 3. The van der Waals surface area contributed by atoms with E-state index in [0.717, 1.165) is 10.0 Å². The molecule has 84 valence electrons. The van der Waals surface area contributed by atoms with Gasteiger partial charge in [-0.2, -0.15) is 8.78 Å². The second-order valence-electron chi connectivity index (χ2n) is 4.27. The van der Waals surface area contributed by atoms with Crippen LogP contribution in [0.15, 0.2) is 22.7 Å². The highest BCUT2D eigenvalue weighted by molar-refractivity contribution is 9.10. The SMILES string of the molecule is CC(C)(C)c1ccc(Br)cc1OC(F)F. The lowest BCUT2D eigenvalue weighted by atomic mass is 9.86. The topological polar surface area (TPSA) is 9.23 Å². The molecule has 0 atom stereocenters. The highest BCUT2D eigenvalue weighted by Crippen LogP contribution is 2.34. The van der Waals surface area contributed by atoms with E-state index in [2.05, 4.69) is 20.7 Å². The van der Waals surface area contributed by atoms with Crippen LogP contribution in [0.2, 0.25) is 0 Å². The minimum atomic E-state index is -2.79. The maximum absolute atomic E-state index is 12.2. The van der Waals surface area contributed by atoms with Crippen LogP contribution in [0, 0.1) is 0 Å². The molecule has 0 aliphatic rings. The van der Waals surface area contributed by atoms with Gasteiger partial charge in [-0.15, -0.1) is 0 Å². The molecule has 0 unspecified atom stereocenters. The van der Waals surface area contributed by atoms with Gasteiger partial charge in [0, 0.05) is 4.47 Å². The summed E-state index contributed by atoms with van der Waals surface area (Å²) in [5, 5.41) is 0. The van der Waals surface area contributed by atoms with Crippen LogP contribution in [0.25, 0.3) is 0 Å². The Labute approximate surface area is 96.6 Å². The first-order chi connectivity index (χ1) is 6.80. The van der Waals surface area contributed by atoms with E-state index in [1.165, 1.54) is 0 Å². The molecule has 0 spiro atoms. The van der Waals surface area contributed by atoms with Crippen molar-refractivity contribution in [3.8, 4) is 5.75 Å². The summed E-state index contributed by atoms with van der Waals surface area (Å²) in [5.74, 6) is 0.229. The molecule has 0 saturated heterocycles. The van der Waals surface area contributed by atoms with Gasteiger partial charge in [-0.05, 0) is 23.1 Å². The average molecular weight is 279 g/mol. The molecule has 1 nitrogen and oxygen atoms in total. The van der Waals surface area contributed by atoms with E-state index < -0.39 is 6.61 Å². The predicted molar refractivity (Wildman–Crippen MR) is 59.5 cm³/mol. The van der Waals surface area contributed by atoms with Crippen molar-refractivity contribution in [2.45, 2.75) is 32.8 Å². The number of ether oxygens (including phenoxy) is 1. The molecule has 1 aromatic rings. The molecule has 0 radical (unpaired) electrons. The van der Waals surface area contributed by atoms with E-state index >= 15 is 0 Å². The van der Waals surface area contributed by atoms with Crippen LogP contribution < -0.4 is 4.74 Å². The summed E-state index contributed by atoms with van der Waals surface area (Å²) < 4.78 is 29.6. The summed E-state index contributed by atoms with van der Waals surface area (Å²) in [6, 6.07) is 5.17. The molecule has 0 N–H and O–H groups in total. The molecule has 1 rings (SSSR count). The number of benzene rings is 1. The Morgan fingerprint density at radius 1 is 1.27 bits per heavy atom. The summed E-state index contributed by atoms with van der Waals surface area (Å²) in [7, 11) is 0. The Bertz CT molecular complexity index is 345. The maximum atomic E-state index is 12.2. The number of alkyl halides is 2. The van der Waals surface area contributed by atoms with Gasteiger partial charge in [0.15, 0.2) is 0 Å². The summed E-state index contributed by atoms with van der Waals surface area (Å²) in [4.78, 5) is 0. The highest BCUT2D eigenvalue weighted by atomic mass is 79.9. The smallest absolute Gasteiger partial charge is 0.387 e. The molecule has 0 bridgehead atoms. The van der Waals surface area contributed by atoms with Crippen LogP contribution in [0.1, 0.15) is 26.3 Å². The van der Waals surface area contributed by atoms with Crippen molar-refractivity contribution in [3.05, 3.63) is 28.2 Å². The van der Waals surface area contributed by atoms with Crippen LogP contribution in [0.4, 0.5) is 8.78 Å². The zero-order chi connectivity index (χ0) is 11.6. The van der Waals surface area contributed by atoms with Gasteiger partial charge >= 0.3 is 6.61 Å². The van der Waals surface area contributed by atoms with E-state index in [1.807, 2.05) is 26.8 Å². The van der Waals surface area contributed by atoms with E-state index in [-0.39, 0.29) is 11.2 Å². The fourth-order valence-corrected chi connectivity index (χ4v) is 1.65. The van der Waals surface area contributed by atoms with Gasteiger partial charge in [0.2, 0.25) is 0 Å². The predicted octanol–water partition coefficient (Wildman–Crippen LogP) is 4.35. The molecule has 0 saturated carbocycles. The van der Waals surface area contributed by atoms with E-state index in [1.54, 1.807) is 12.1 Å². The van der Waals surface area contributed by atoms with Crippen LogP contribution in [0.5, 0.6) is 5.75 Å². The quantitative estimate of drug-likeness (QED) is 0.782. The van der Waals surface area contributed by atoms with E-state index in [0.29, 0.717) is 0 Å². The van der Waals surface area contributed by atoms with Crippen molar-refractivity contribution >= 4 is 15.9 Å². The summed E-state index contributed by atoms with van der Waals surface area (Å²) >= 11 is 3.23. The minimum Gasteiger partial charge on any atom is -0.434 e. The third-order valence-corrected chi connectivity index (χ3v) is 2.46. The molecular weight excluding hydrogens is 266 g/mol. The van der Waals surface area contributed by atoms with Gasteiger partial charge in [0.25, 0.3) is 0 Å². The van der Waals surface area contributed by atoms with Crippen molar-refractivity contribution in [1.82, 2.24) is 0 Å². The third kappa shape index (κ3) is 3.45. The molecule has 0 aliphatic carbocycles. The molecule has 0 fully saturated rings. The van der Waals surface area contributed by atoms with E-state index in [4.69, 9.17) is 0 Å². The first-order valence-corrected chi connectivity index (χ1v) is 5.35. The Balaban J connectivity index is 3.15. The lowest BCUT2D eigenvalue weighted by Crippen LogP contribution is -2.15. The van der Waals surface area contributed by atoms with Gasteiger partial charge in [0.1, 0.15) is 5.75 Å². The van der Waals surface area contributed by atoms with Crippen molar-refractivity contribution in [2.75, 3.05) is 0 Å². The van der Waals surface area contributed by atoms with Crippen LogP contribution in [-0.4, -0.2) is 6.61 Å². The van der Waals surface area contributed by atoms with Crippen molar-refractivity contribution < 1.29 is 13.5 Å². The molecule has 15 heavy (non-hydrogen) atoms. The summed E-state index contributed by atoms with van der Waals surface area (Å²) in [6.45, 7) is 3.07. The molecular formula is C11H13BrF2O. The summed E-state index contributed by atoms with van der Waals surface area (Å²) in [5.41, 5.74) is 0.552. The molecule has 0 aromatic heterocycles. The maximum Gasteiger partial charge on any atom is 0.387 e. The Hall–Kier alpha value is -0.640. The molecule has 0 aliphatic heterocycles. The Morgan fingerprint density at radius 3 is 2.33 bits per heavy atom.